The van der Waals surface area contributed by atoms with Crippen LogP contribution in [0.1, 0.15) is 79.0 Å². The van der Waals surface area contributed by atoms with E-state index in [9.17, 15) is 0 Å². The molecule has 8 aromatic carbocycles. The van der Waals surface area contributed by atoms with Gasteiger partial charge in [0.1, 0.15) is 0 Å². The second-order valence-electron chi connectivity index (χ2n) is 20.7. The number of anilines is 3. The van der Waals surface area contributed by atoms with Crippen molar-refractivity contribution in [3.8, 4) is 0 Å². The van der Waals surface area contributed by atoms with Crippen molar-refractivity contribution in [2.45, 2.75) is 78.6 Å². The summed E-state index contributed by atoms with van der Waals surface area (Å²) in [6.45, 7) is 21.1. The topological polar surface area (TPSA) is 12.1 Å². The van der Waals surface area contributed by atoms with Crippen molar-refractivity contribution in [2.24, 2.45) is 0 Å². The fourth-order valence-corrected chi connectivity index (χ4v) is 10.5. The lowest BCUT2D eigenvalue weighted by molar-refractivity contribution is 0.590. The minimum atomic E-state index is -0.0563. The summed E-state index contributed by atoms with van der Waals surface area (Å²) >= 11 is 0. The molecule has 4 aromatic heterocycles. The van der Waals surface area contributed by atoms with Gasteiger partial charge in [-0.25, -0.2) is 0 Å². The first-order valence-electron chi connectivity index (χ1n) is 21.9. The van der Waals surface area contributed by atoms with E-state index < -0.39 is 0 Å². The Kier molecular flexibility index (Phi) is 7.16. The highest BCUT2D eigenvalue weighted by Crippen LogP contribution is 2.51. The number of nitrogens with zero attached hydrogens (tertiary/aromatic N) is 3. The third-order valence-corrected chi connectivity index (χ3v) is 13.7. The number of para-hydroxylation sites is 2. The summed E-state index contributed by atoms with van der Waals surface area (Å²) in [5.74, 6) is 0. The molecular weight excluding hydrogens is 739 g/mol. The molecule has 0 saturated carbocycles. The highest BCUT2D eigenvalue weighted by atomic mass is 15.2. The summed E-state index contributed by atoms with van der Waals surface area (Å²) in [5.41, 5.74) is 15.1. The molecular formula is C58H51N3. The number of hydrogen-bond donors (Lipinski definition) is 0. The Bertz CT molecular complexity index is 3690. The molecule has 61 heavy (non-hydrogen) atoms. The first-order valence-corrected chi connectivity index (χ1v) is 21.9. The minimum Gasteiger partial charge on any atom is -0.308 e. The van der Waals surface area contributed by atoms with Gasteiger partial charge in [-0.1, -0.05) is 129 Å². The fraction of sp³-hybridized carbons (Fsp3) is 0.207. The lowest BCUT2D eigenvalue weighted by atomic mass is 9.84. The smallest absolute Gasteiger partial charge is 0.0789 e. The average Bonchev–Trinajstić information content (AvgIpc) is 3.95. The van der Waals surface area contributed by atoms with Crippen LogP contribution in [0.2, 0.25) is 0 Å². The van der Waals surface area contributed by atoms with Gasteiger partial charge in [-0.05, 0) is 123 Å². The highest BCUT2D eigenvalue weighted by molar-refractivity contribution is 6.33. The molecule has 0 aliphatic heterocycles. The van der Waals surface area contributed by atoms with Crippen LogP contribution in [0, 0.1) is 0 Å². The Hall–Kier alpha value is -6.58. The third-order valence-electron chi connectivity index (χ3n) is 13.7. The Labute approximate surface area is 357 Å². The molecule has 12 aromatic rings. The second-order valence-corrected chi connectivity index (χ2v) is 20.7. The molecule has 0 aliphatic rings. The maximum Gasteiger partial charge on any atom is 0.0789 e. The molecule has 0 N–H and O–H groups in total. The van der Waals surface area contributed by atoms with Gasteiger partial charge in [0.25, 0.3) is 0 Å². The van der Waals surface area contributed by atoms with Gasteiger partial charge < -0.3 is 13.7 Å². The number of aromatic nitrogens is 2. The molecule has 0 spiro atoms. The lowest BCUT2D eigenvalue weighted by Gasteiger charge is -2.27. The Balaban J connectivity index is 1.32. The van der Waals surface area contributed by atoms with Gasteiger partial charge >= 0.3 is 0 Å². The normalized spacial score (nSPS) is 13.3. The number of hydrogen-bond acceptors (Lipinski definition) is 1. The first-order chi connectivity index (χ1) is 29.2. The standard InChI is InChI=1S/C58H51N3/c1-56(2,3)35-24-25-48-41(27-35)44-28-36(57(4,5)6)29-45-42-33-50-43(32-49(42)60(48)53(44)45)46-30-37(58(7,8)9)31-47-52-40-23-17-16-18-34(40)26-51(55(52)61(50)54(46)47)59(38-19-12-10-13-20-38)39-21-14-11-15-22-39/h10-33H,1-9H3. The number of rotatable bonds is 3. The molecule has 0 fully saturated rings. The van der Waals surface area contributed by atoms with E-state index >= 15 is 0 Å². The van der Waals surface area contributed by atoms with Gasteiger partial charge in [0.15, 0.2) is 0 Å². The van der Waals surface area contributed by atoms with E-state index in [0.717, 1.165) is 11.4 Å². The SMILES string of the molecule is CC(C)(C)c1ccc2c(c1)c1cc(C(C)(C)C)cc3c4cc5c(cc4n2c13)c1cc(C(C)(C)C)cc2c3c4ccccc4cc(N(c4ccccc4)c4ccccc4)c3n5c12. The number of fused-ring (bicyclic) bond motifs is 14. The first kappa shape index (κ1) is 36.3. The summed E-state index contributed by atoms with van der Waals surface area (Å²) in [5, 5.41) is 13.1. The van der Waals surface area contributed by atoms with Crippen molar-refractivity contribution in [1.29, 1.82) is 0 Å². The van der Waals surface area contributed by atoms with Crippen molar-refractivity contribution in [1.82, 2.24) is 8.80 Å². The zero-order chi connectivity index (χ0) is 41.9. The second kappa shape index (κ2) is 12.0. The highest BCUT2D eigenvalue weighted by Gasteiger charge is 2.30. The van der Waals surface area contributed by atoms with Crippen molar-refractivity contribution >= 4 is 104 Å². The van der Waals surface area contributed by atoms with Gasteiger partial charge in [0, 0.05) is 54.5 Å². The molecule has 3 heteroatoms. The summed E-state index contributed by atoms with van der Waals surface area (Å²) in [4.78, 5) is 2.47. The maximum atomic E-state index is 2.63. The lowest BCUT2D eigenvalue weighted by Crippen LogP contribution is -2.11. The molecule has 4 heterocycles. The molecule has 0 unspecified atom stereocenters. The molecule has 12 rings (SSSR count). The van der Waals surface area contributed by atoms with Crippen molar-refractivity contribution in [2.75, 3.05) is 4.90 Å². The zero-order valence-electron chi connectivity index (χ0n) is 36.7. The van der Waals surface area contributed by atoms with E-state index in [0.29, 0.717) is 0 Å². The molecule has 0 amide bonds. The summed E-state index contributed by atoms with van der Waals surface area (Å²) in [7, 11) is 0. The fourth-order valence-electron chi connectivity index (χ4n) is 10.5. The average molecular weight is 790 g/mol. The maximum absolute atomic E-state index is 2.63. The summed E-state index contributed by atoms with van der Waals surface area (Å²) in [6, 6.07) is 55.5. The predicted octanol–water partition coefficient (Wildman–Crippen LogP) is 16.5. The van der Waals surface area contributed by atoms with E-state index in [1.165, 1.54) is 109 Å². The van der Waals surface area contributed by atoms with Crippen molar-refractivity contribution in [3.05, 3.63) is 162 Å². The minimum absolute atomic E-state index is 0.0170. The molecule has 0 saturated heterocycles. The largest absolute Gasteiger partial charge is 0.308 e. The van der Waals surface area contributed by atoms with Crippen molar-refractivity contribution < 1.29 is 0 Å². The molecule has 0 radical (unpaired) electrons. The van der Waals surface area contributed by atoms with Gasteiger partial charge in [-0.3, -0.25) is 0 Å². The molecule has 3 nitrogen and oxygen atoms in total. The Morgan fingerprint density at radius 2 is 0.803 bits per heavy atom. The van der Waals surface area contributed by atoms with E-state index in [1.54, 1.807) is 0 Å². The zero-order valence-corrected chi connectivity index (χ0v) is 36.7. The number of benzene rings is 8. The van der Waals surface area contributed by atoms with E-state index in [2.05, 4.69) is 222 Å². The van der Waals surface area contributed by atoms with Crippen LogP contribution in [0.3, 0.4) is 0 Å². The van der Waals surface area contributed by atoms with Crippen LogP contribution < -0.4 is 4.90 Å². The van der Waals surface area contributed by atoms with Crippen molar-refractivity contribution in [3.63, 3.8) is 0 Å². The molecule has 0 bridgehead atoms. The van der Waals surface area contributed by atoms with Crippen LogP contribution in [0.15, 0.2) is 146 Å². The molecule has 0 aliphatic carbocycles. The van der Waals surface area contributed by atoms with Gasteiger partial charge in [-0.2, -0.15) is 0 Å². The third kappa shape index (κ3) is 5.04. The van der Waals surface area contributed by atoms with E-state index in [1.807, 2.05) is 0 Å². The van der Waals surface area contributed by atoms with Gasteiger partial charge in [0.05, 0.1) is 38.8 Å². The quantitative estimate of drug-likeness (QED) is 0.174. The van der Waals surface area contributed by atoms with E-state index in [-0.39, 0.29) is 16.2 Å². The van der Waals surface area contributed by atoms with Crippen LogP contribution in [0.5, 0.6) is 0 Å². The summed E-state index contributed by atoms with van der Waals surface area (Å²) < 4.78 is 5.21. The molecule has 0 atom stereocenters. The summed E-state index contributed by atoms with van der Waals surface area (Å²) in [6.07, 6.45) is 0. The van der Waals surface area contributed by atoms with Crippen LogP contribution in [0.25, 0.3) is 87.0 Å². The predicted molar refractivity (Wildman–Crippen MR) is 264 cm³/mol. The van der Waals surface area contributed by atoms with Crippen LogP contribution in [0.4, 0.5) is 17.1 Å². The van der Waals surface area contributed by atoms with Crippen LogP contribution in [-0.4, -0.2) is 8.80 Å². The monoisotopic (exact) mass is 789 g/mol. The molecule has 298 valence electrons. The van der Waals surface area contributed by atoms with Crippen LogP contribution in [-0.2, 0) is 16.2 Å². The van der Waals surface area contributed by atoms with Crippen LogP contribution >= 0.6 is 0 Å². The Morgan fingerprint density at radius 3 is 1.36 bits per heavy atom. The Morgan fingerprint density at radius 1 is 0.344 bits per heavy atom. The van der Waals surface area contributed by atoms with Gasteiger partial charge in [0.2, 0.25) is 0 Å². The van der Waals surface area contributed by atoms with E-state index in [4.69, 9.17) is 0 Å². The van der Waals surface area contributed by atoms with Gasteiger partial charge in [-0.15, -0.1) is 0 Å².